The highest BCUT2D eigenvalue weighted by molar-refractivity contribution is 5.91. The zero-order valence-corrected chi connectivity index (χ0v) is 22.3. The second-order valence-corrected chi connectivity index (χ2v) is 9.86. The van der Waals surface area contributed by atoms with E-state index in [1.165, 1.54) is 0 Å². The average Bonchev–Trinajstić information content (AvgIpc) is 2.74. The summed E-state index contributed by atoms with van der Waals surface area (Å²) in [5.41, 5.74) is 2.11. The van der Waals surface area contributed by atoms with Crippen LogP contribution in [0.1, 0.15) is 95.9 Å². The maximum absolute atomic E-state index is 13.5. The fourth-order valence-corrected chi connectivity index (χ4v) is 3.86. The lowest BCUT2D eigenvalue weighted by molar-refractivity contribution is -0.140. The predicted molar refractivity (Wildman–Crippen MR) is 137 cm³/mol. The Morgan fingerprint density at radius 1 is 0.941 bits per heavy atom. The van der Waals surface area contributed by atoms with E-state index < -0.39 is 17.7 Å². The first-order valence-electron chi connectivity index (χ1n) is 12.6. The minimum atomic E-state index is -0.757. The Kier molecular flexibility index (Phi) is 12.7. The monoisotopic (exact) mass is 475 g/mol. The summed E-state index contributed by atoms with van der Waals surface area (Å²) >= 11 is 0. The van der Waals surface area contributed by atoms with E-state index in [2.05, 4.69) is 24.5 Å². The van der Waals surface area contributed by atoms with Gasteiger partial charge in [-0.25, -0.2) is 4.79 Å². The fraction of sp³-hybridized carbons (Fsp3) is 0.667. The number of benzene rings is 1. The van der Waals surface area contributed by atoms with Gasteiger partial charge in [0, 0.05) is 13.1 Å². The highest BCUT2D eigenvalue weighted by Gasteiger charge is 2.33. The van der Waals surface area contributed by atoms with Gasteiger partial charge in [0.2, 0.25) is 11.8 Å². The SMILES string of the molecule is CCCCCNC(=O)C(c1c(C)cccc1C)N(CCCCC)C(=O)CNC(=O)OC(C)(C)C. The Morgan fingerprint density at radius 3 is 2.09 bits per heavy atom. The molecule has 0 aliphatic heterocycles. The van der Waals surface area contributed by atoms with E-state index in [1.54, 1.807) is 25.7 Å². The van der Waals surface area contributed by atoms with Gasteiger partial charge in [-0.1, -0.05) is 57.7 Å². The van der Waals surface area contributed by atoms with Crippen LogP contribution in [0.5, 0.6) is 0 Å². The van der Waals surface area contributed by atoms with E-state index in [-0.39, 0.29) is 18.4 Å². The zero-order valence-electron chi connectivity index (χ0n) is 22.3. The third-order valence-electron chi connectivity index (χ3n) is 5.56. The Morgan fingerprint density at radius 2 is 1.53 bits per heavy atom. The molecule has 0 saturated heterocycles. The van der Waals surface area contributed by atoms with E-state index in [0.29, 0.717) is 13.1 Å². The maximum Gasteiger partial charge on any atom is 0.408 e. The third-order valence-corrected chi connectivity index (χ3v) is 5.56. The van der Waals surface area contributed by atoms with Crippen molar-refractivity contribution in [3.63, 3.8) is 0 Å². The molecule has 0 aliphatic carbocycles. The quantitative estimate of drug-likeness (QED) is 0.384. The summed E-state index contributed by atoms with van der Waals surface area (Å²) in [5, 5.41) is 5.61. The molecule has 0 radical (unpaired) electrons. The van der Waals surface area contributed by atoms with Gasteiger partial charge in [0.05, 0.1) is 0 Å². The number of ether oxygens (including phenoxy) is 1. The van der Waals surface area contributed by atoms with Gasteiger partial charge in [0.1, 0.15) is 18.2 Å². The van der Waals surface area contributed by atoms with Crippen LogP contribution in [0.4, 0.5) is 4.79 Å². The van der Waals surface area contributed by atoms with E-state index in [4.69, 9.17) is 4.74 Å². The van der Waals surface area contributed by atoms with E-state index in [9.17, 15) is 14.4 Å². The van der Waals surface area contributed by atoms with E-state index in [0.717, 1.165) is 55.2 Å². The summed E-state index contributed by atoms with van der Waals surface area (Å²) < 4.78 is 5.27. The van der Waals surface area contributed by atoms with Gasteiger partial charge in [0.25, 0.3) is 0 Å². The highest BCUT2D eigenvalue weighted by atomic mass is 16.6. The molecular weight excluding hydrogens is 430 g/mol. The molecule has 1 rings (SSSR count). The number of carbonyl (C=O) groups is 3. The van der Waals surface area contributed by atoms with Gasteiger partial charge in [-0.05, 0) is 64.2 Å². The van der Waals surface area contributed by atoms with Crippen molar-refractivity contribution >= 4 is 17.9 Å². The van der Waals surface area contributed by atoms with Crippen molar-refractivity contribution in [2.45, 2.75) is 98.6 Å². The van der Waals surface area contributed by atoms with Crippen molar-refractivity contribution in [1.29, 1.82) is 0 Å². The molecule has 0 bridgehead atoms. The lowest BCUT2D eigenvalue weighted by atomic mass is 9.93. The van der Waals surface area contributed by atoms with Crippen LogP contribution in [-0.4, -0.2) is 48.0 Å². The number of alkyl carbamates (subject to hydrolysis) is 1. The van der Waals surface area contributed by atoms with Crippen molar-refractivity contribution in [1.82, 2.24) is 15.5 Å². The molecule has 0 saturated carbocycles. The Hall–Kier alpha value is -2.57. The summed E-state index contributed by atoms with van der Waals surface area (Å²) in [6, 6.07) is 5.13. The Labute approximate surface area is 206 Å². The number of hydrogen-bond donors (Lipinski definition) is 2. The van der Waals surface area contributed by atoms with Crippen LogP contribution in [0.3, 0.4) is 0 Å². The molecule has 0 spiro atoms. The van der Waals surface area contributed by atoms with Crippen LogP contribution in [0.15, 0.2) is 18.2 Å². The number of amides is 3. The maximum atomic E-state index is 13.5. The molecule has 0 aromatic heterocycles. The van der Waals surface area contributed by atoms with Crippen LogP contribution in [-0.2, 0) is 14.3 Å². The number of hydrogen-bond acceptors (Lipinski definition) is 4. The number of rotatable bonds is 13. The van der Waals surface area contributed by atoms with E-state index in [1.807, 2.05) is 32.0 Å². The summed E-state index contributed by atoms with van der Waals surface area (Å²) in [4.78, 5) is 40.7. The Bertz CT molecular complexity index is 781. The molecule has 0 heterocycles. The van der Waals surface area contributed by atoms with Crippen molar-refractivity contribution in [2.75, 3.05) is 19.6 Å². The summed E-state index contributed by atoms with van der Waals surface area (Å²) in [6.07, 6.45) is 5.06. The highest BCUT2D eigenvalue weighted by Crippen LogP contribution is 2.28. The normalized spacial score (nSPS) is 12.1. The zero-order chi connectivity index (χ0) is 25.7. The molecule has 3 amide bonds. The van der Waals surface area contributed by atoms with Gasteiger partial charge in [-0.3, -0.25) is 9.59 Å². The standard InChI is InChI=1S/C27H45N3O4/c1-8-10-12-17-28-25(32)24(23-20(3)15-14-16-21(23)4)30(18-13-11-9-2)22(31)19-29-26(33)34-27(5,6)7/h14-16,24H,8-13,17-19H2,1-7H3,(H,28,32)(H,29,33). The summed E-state index contributed by atoms with van der Waals surface area (Å²) in [5.74, 6) is -0.492. The van der Waals surface area contributed by atoms with Gasteiger partial charge < -0.3 is 20.3 Å². The summed E-state index contributed by atoms with van der Waals surface area (Å²) in [7, 11) is 0. The minimum absolute atomic E-state index is 0.185. The van der Waals surface area contributed by atoms with Gasteiger partial charge in [-0.2, -0.15) is 0 Å². The molecule has 34 heavy (non-hydrogen) atoms. The number of aryl methyl sites for hydroxylation is 2. The number of carbonyl (C=O) groups excluding carboxylic acids is 3. The average molecular weight is 476 g/mol. The van der Waals surface area contributed by atoms with Gasteiger partial charge >= 0.3 is 6.09 Å². The van der Waals surface area contributed by atoms with Crippen LogP contribution in [0.25, 0.3) is 0 Å². The molecule has 0 fully saturated rings. The molecular formula is C27H45N3O4. The summed E-state index contributed by atoms with van der Waals surface area (Å²) in [6.45, 7) is 14.2. The lowest BCUT2D eigenvalue weighted by Gasteiger charge is -2.33. The van der Waals surface area contributed by atoms with Crippen LogP contribution in [0, 0.1) is 13.8 Å². The van der Waals surface area contributed by atoms with Crippen molar-refractivity contribution in [2.24, 2.45) is 0 Å². The molecule has 0 aliphatic rings. The van der Waals surface area contributed by atoms with Gasteiger partial charge in [-0.15, -0.1) is 0 Å². The van der Waals surface area contributed by atoms with Crippen LogP contribution in [0.2, 0.25) is 0 Å². The molecule has 1 aromatic carbocycles. The second kappa shape index (κ2) is 14.6. The Balaban J connectivity index is 3.23. The number of nitrogens with zero attached hydrogens (tertiary/aromatic N) is 1. The molecule has 1 aromatic rings. The van der Waals surface area contributed by atoms with Gasteiger partial charge in [0.15, 0.2) is 0 Å². The molecule has 192 valence electrons. The fourth-order valence-electron chi connectivity index (χ4n) is 3.86. The number of unbranched alkanes of at least 4 members (excludes halogenated alkanes) is 4. The first-order valence-corrected chi connectivity index (χ1v) is 12.6. The second-order valence-electron chi connectivity index (χ2n) is 9.86. The first kappa shape index (κ1) is 29.5. The minimum Gasteiger partial charge on any atom is -0.444 e. The third kappa shape index (κ3) is 10.1. The van der Waals surface area contributed by atoms with Crippen LogP contribution >= 0.6 is 0 Å². The van der Waals surface area contributed by atoms with Crippen LogP contribution < -0.4 is 10.6 Å². The van der Waals surface area contributed by atoms with Crippen molar-refractivity contribution in [3.8, 4) is 0 Å². The predicted octanol–water partition coefficient (Wildman–Crippen LogP) is 5.19. The molecule has 1 unspecified atom stereocenters. The molecule has 7 nitrogen and oxygen atoms in total. The largest absolute Gasteiger partial charge is 0.444 e. The molecule has 2 N–H and O–H groups in total. The smallest absolute Gasteiger partial charge is 0.408 e. The lowest BCUT2D eigenvalue weighted by Crippen LogP contribution is -2.48. The topological polar surface area (TPSA) is 87.7 Å². The number of nitrogens with one attached hydrogen (secondary N) is 2. The van der Waals surface area contributed by atoms with Crippen molar-refractivity contribution in [3.05, 3.63) is 34.9 Å². The first-order chi connectivity index (χ1) is 16.0. The molecule has 1 atom stereocenters. The molecule has 7 heteroatoms. The van der Waals surface area contributed by atoms with Crippen molar-refractivity contribution < 1.29 is 19.1 Å². The van der Waals surface area contributed by atoms with E-state index >= 15 is 0 Å².